The third-order valence-corrected chi connectivity index (χ3v) is 5.84. The van der Waals surface area contributed by atoms with E-state index in [1.54, 1.807) is 0 Å². The zero-order valence-electron chi connectivity index (χ0n) is 10.5. The van der Waals surface area contributed by atoms with Crippen LogP contribution in [0.15, 0.2) is 12.7 Å². The number of fused-ring (bicyclic) bond motifs is 1. The van der Waals surface area contributed by atoms with Gasteiger partial charge in [-0.25, -0.2) is 9.59 Å². The fourth-order valence-corrected chi connectivity index (χ4v) is 5.07. The van der Waals surface area contributed by atoms with Crippen molar-refractivity contribution in [2.45, 2.75) is 35.6 Å². The van der Waals surface area contributed by atoms with Gasteiger partial charge in [-0.1, -0.05) is 6.58 Å². The molecule has 0 aromatic heterocycles. The largest absolute Gasteiger partial charge is 0.468 e. The molecule has 5 atom stereocenters. The Morgan fingerprint density at radius 1 is 1.40 bits per heavy atom. The van der Waals surface area contributed by atoms with Gasteiger partial charge in [0.25, 0.3) is 14.9 Å². The van der Waals surface area contributed by atoms with Gasteiger partial charge in [0.15, 0.2) is 6.10 Å². The number of carbonyl (C=O) groups excluding carboxylic acids is 2. The number of esters is 2. The molecule has 110 valence electrons. The lowest BCUT2D eigenvalue weighted by molar-refractivity contribution is -0.155. The molecule has 0 aromatic rings. The molecule has 0 aromatic carbocycles. The van der Waals surface area contributed by atoms with E-state index in [0.717, 1.165) is 13.2 Å². The highest BCUT2D eigenvalue weighted by atomic mass is 32.2. The van der Waals surface area contributed by atoms with Crippen LogP contribution >= 0.6 is 0 Å². The van der Waals surface area contributed by atoms with Gasteiger partial charge in [-0.2, -0.15) is 8.42 Å². The van der Waals surface area contributed by atoms with Gasteiger partial charge in [-0.05, 0) is 0 Å². The van der Waals surface area contributed by atoms with Crippen molar-refractivity contribution in [2.75, 3.05) is 7.11 Å². The Balaban J connectivity index is 2.12. The maximum absolute atomic E-state index is 12.3. The summed E-state index contributed by atoms with van der Waals surface area (Å²) in [4.78, 5) is 23.5. The number of hydrogen-bond donors (Lipinski definition) is 0. The second-order valence-electron chi connectivity index (χ2n) is 4.77. The Labute approximate surface area is 114 Å². The summed E-state index contributed by atoms with van der Waals surface area (Å²) in [6.07, 6.45) is -2.66. The van der Waals surface area contributed by atoms with E-state index in [1.807, 2.05) is 0 Å². The van der Waals surface area contributed by atoms with Gasteiger partial charge in [0, 0.05) is 12.5 Å². The van der Waals surface area contributed by atoms with E-state index >= 15 is 0 Å². The van der Waals surface area contributed by atoms with Gasteiger partial charge in [-0.15, -0.1) is 0 Å². The Hall–Kier alpha value is -1.45. The molecule has 0 spiro atoms. The number of methoxy groups -OCH3 is 1. The quantitative estimate of drug-likeness (QED) is 0.367. The SMILES string of the molecule is C=CC(=O)OC1C2CC3OS(=O)(=O)C1(C(=O)OC)C3O2. The van der Waals surface area contributed by atoms with Gasteiger partial charge >= 0.3 is 11.9 Å². The molecule has 3 rings (SSSR count). The van der Waals surface area contributed by atoms with Crippen molar-refractivity contribution in [1.82, 2.24) is 0 Å². The smallest absolute Gasteiger partial charge is 0.336 e. The summed E-state index contributed by atoms with van der Waals surface area (Å²) in [5, 5.41) is 0. The zero-order chi connectivity index (χ0) is 14.7. The van der Waals surface area contributed by atoms with Crippen LogP contribution in [0.4, 0.5) is 0 Å². The molecular weight excluding hydrogens is 292 g/mol. The standard InChI is InChI=1S/C11H12O8S/c1-3-7(12)18-8-5-4-6-9(17-5)11(8,10(13)16-2)20(14,15)19-6/h3,5-6,8-9H,1,4H2,2H3. The van der Waals surface area contributed by atoms with Crippen molar-refractivity contribution in [1.29, 1.82) is 0 Å². The van der Waals surface area contributed by atoms with Crippen LogP contribution in [0.1, 0.15) is 6.42 Å². The fourth-order valence-electron chi connectivity index (χ4n) is 3.14. The molecule has 3 fully saturated rings. The van der Waals surface area contributed by atoms with Crippen LogP contribution in [0.5, 0.6) is 0 Å². The van der Waals surface area contributed by atoms with E-state index in [1.165, 1.54) is 0 Å². The third kappa shape index (κ3) is 1.34. The lowest BCUT2D eigenvalue weighted by Gasteiger charge is -2.30. The van der Waals surface area contributed by atoms with Crippen molar-refractivity contribution < 1.29 is 36.4 Å². The molecule has 20 heavy (non-hydrogen) atoms. The summed E-state index contributed by atoms with van der Waals surface area (Å²) in [6.45, 7) is 3.24. The third-order valence-electron chi connectivity index (χ3n) is 3.88. The highest BCUT2D eigenvalue weighted by Crippen LogP contribution is 2.55. The summed E-state index contributed by atoms with van der Waals surface area (Å²) in [6, 6.07) is 0. The van der Waals surface area contributed by atoms with Crippen LogP contribution in [0, 0.1) is 0 Å². The summed E-state index contributed by atoms with van der Waals surface area (Å²) in [5.74, 6) is -1.89. The van der Waals surface area contributed by atoms with E-state index in [0.29, 0.717) is 0 Å². The van der Waals surface area contributed by atoms with Crippen molar-refractivity contribution >= 4 is 22.1 Å². The minimum Gasteiger partial charge on any atom is -0.468 e. The molecule has 0 N–H and O–H groups in total. The van der Waals surface area contributed by atoms with E-state index in [9.17, 15) is 18.0 Å². The van der Waals surface area contributed by atoms with Crippen LogP contribution < -0.4 is 0 Å². The molecule has 0 amide bonds. The summed E-state index contributed by atoms with van der Waals surface area (Å²) in [5.41, 5.74) is 0. The molecule has 3 saturated heterocycles. The first-order valence-electron chi connectivity index (χ1n) is 5.88. The molecule has 3 aliphatic rings. The number of ether oxygens (including phenoxy) is 3. The van der Waals surface area contributed by atoms with Crippen molar-refractivity contribution in [3.05, 3.63) is 12.7 Å². The maximum atomic E-state index is 12.3. The van der Waals surface area contributed by atoms with Crippen molar-refractivity contribution in [2.24, 2.45) is 0 Å². The van der Waals surface area contributed by atoms with E-state index < -0.39 is 51.2 Å². The zero-order valence-corrected chi connectivity index (χ0v) is 11.3. The van der Waals surface area contributed by atoms with Gasteiger partial charge < -0.3 is 14.2 Å². The Morgan fingerprint density at radius 3 is 2.70 bits per heavy atom. The normalized spacial score (nSPS) is 43.2. The average Bonchev–Trinajstić information content (AvgIpc) is 2.97. The molecule has 0 radical (unpaired) electrons. The van der Waals surface area contributed by atoms with Gasteiger partial charge in [0.2, 0.25) is 0 Å². The van der Waals surface area contributed by atoms with Crippen molar-refractivity contribution in [3.63, 3.8) is 0 Å². The predicted molar refractivity (Wildman–Crippen MR) is 61.9 cm³/mol. The highest BCUT2D eigenvalue weighted by Gasteiger charge is 2.82. The van der Waals surface area contributed by atoms with Crippen LogP contribution in [0.2, 0.25) is 0 Å². The average molecular weight is 304 g/mol. The van der Waals surface area contributed by atoms with E-state index in [4.69, 9.17) is 13.7 Å². The molecule has 3 aliphatic heterocycles. The van der Waals surface area contributed by atoms with Gasteiger partial charge in [0.1, 0.15) is 18.3 Å². The van der Waals surface area contributed by atoms with Crippen LogP contribution in [0.25, 0.3) is 0 Å². The van der Waals surface area contributed by atoms with Gasteiger partial charge in [0.05, 0.1) is 7.11 Å². The number of rotatable bonds is 3. The predicted octanol–water partition coefficient (Wildman–Crippen LogP) is -1.10. The molecule has 8 nitrogen and oxygen atoms in total. The summed E-state index contributed by atoms with van der Waals surface area (Å²) >= 11 is 0. The molecule has 0 aliphatic carbocycles. The Kier molecular flexibility index (Phi) is 2.72. The molecule has 9 heteroatoms. The summed E-state index contributed by atoms with van der Waals surface area (Å²) < 4.78 is 42.4. The second kappa shape index (κ2) is 4.03. The Morgan fingerprint density at radius 2 is 2.10 bits per heavy atom. The minimum atomic E-state index is -4.32. The van der Waals surface area contributed by atoms with E-state index in [-0.39, 0.29) is 6.42 Å². The maximum Gasteiger partial charge on any atom is 0.336 e. The van der Waals surface area contributed by atoms with Gasteiger partial charge in [-0.3, -0.25) is 4.18 Å². The van der Waals surface area contributed by atoms with E-state index in [2.05, 4.69) is 11.3 Å². The minimum absolute atomic E-state index is 0.234. The first-order chi connectivity index (χ1) is 9.38. The van der Waals surface area contributed by atoms with Crippen molar-refractivity contribution in [3.8, 4) is 0 Å². The topological polar surface area (TPSA) is 105 Å². The second-order valence-corrected chi connectivity index (χ2v) is 6.54. The lowest BCUT2D eigenvalue weighted by atomic mass is 9.83. The highest BCUT2D eigenvalue weighted by molar-refractivity contribution is 7.89. The molecule has 2 bridgehead atoms. The lowest BCUT2D eigenvalue weighted by Crippen LogP contribution is -2.61. The van der Waals surface area contributed by atoms with Crippen LogP contribution in [-0.4, -0.2) is 56.6 Å². The molecular formula is C11H12O8S. The fraction of sp³-hybridized carbons (Fsp3) is 0.636. The molecule has 5 unspecified atom stereocenters. The summed E-state index contributed by atoms with van der Waals surface area (Å²) in [7, 11) is -3.26. The van der Waals surface area contributed by atoms with Crippen LogP contribution in [-0.2, 0) is 38.1 Å². The monoisotopic (exact) mass is 304 g/mol. The van der Waals surface area contributed by atoms with Crippen LogP contribution in [0.3, 0.4) is 0 Å². The molecule has 3 heterocycles. The number of carbonyl (C=O) groups is 2. The Bertz CT molecular complexity index is 596. The number of hydrogen-bond acceptors (Lipinski definition) is 8. The first kappa shape index (κ1) is 13.5. The molecule has 0 saturated carbocycles. The first-order valence-corrected chi connectivity index (χ1v) is 7.29.